The third kappa shape index (κ3) is 2.02. The van der Waals surface area contributed by atoms with E-state index in [-0.39, 0.29) is 0 Å². The molecule has 90 valence electrons. The van der Waals surface area contributed by atoms with Crippen LogP contribution in [0.15, 0.2) is 18.2 Å². The average molecular weight is 267 g/mol. The number of rotatable bonds is 2. The summed E-state index contributed by atoms with van der Waals surface area (Å²) < 4.78 is 2.99. The molecule has 0 spiro atoms. The maximum atomic E-state index is 6.17. The predicted octanol–water partition coefficient (Wildman–Crippen LogP) is 4.54. The molecule has 1 saturated carbocycles. The van der Waals surface area contributed by atoms with Crippen molar-refractivity contribution in [1.82, 2.24) is 9.55 Å². The lowest BCUT2D eigenvalue weighted by molar-refractivity contribution is 0.461. The molecule has 0 saturated heterocycles. The molecular formula is C13H15ClN2S. The molecule has 4 heteroatoms. The molecule has 1 N–H and O–H groups in total. The largest absolute Gasteiger partial charge is 0.329 e. The Hall–Kier alpha value is -0.800. The highest BCUT2D eigenvalue weighted by Gasteiger charge is 2.17. The molecule has 1 aliphatic rings. The van der Waals surface area contributed by atoms with Crippen LogP contribution in [0.3, 0.4) is 0 Å². The Bertz CT molecular complexity index is 593. The van der Waals surface area contributed by atoms with Gasteiger partial charge in [-0.15, -0.1) is 0 Å². The fourth-order valence-electron chi connectivity index (χ4n) is 2.78. The second kappa shape index (κ2) is 4.46. The summed E-state index contributed by atoms with van der Waals surface area (Å²) in [5.41, 5.74) is 2.10. The third-order valence-corrected chi connectivity index (χ3v) is 4.31. The van der Waals surface area contributed by atoms with E-state index >= 15 is 0 Å². The molecule has 0 radical (unpaired) electrons. The standard InChI is InChI=1S/C13H15ClN2S/c14-10-6-3-7-11-12(10)15-13(17)16(11)8-9-4-1-2-5-9/h3,6-7,9H,1-2,4-5,8H2,(H,15,17). The highest BCUT2D eigenvalue weighted by Crippen LogP contribution is 2.29. The van der Waals surface area contributed by atoms with Crippen molar-refractivity contribution in [2.24, 2.45) is 5.92 Å². The molecule has 1 fully saturated rings. The minimum atomic E-state index is 0.749. The maximum absolute atomic E-state index is 6.17. The number of hydrogen-bond donors (Lipinski definition) is 1. The van der Waals surface area contributed by atoms with Crippen LogP contribution in [0.5, 0.6) is 0 Å². The maximum Gasteiger partial charge on any atom is 0.178 e. The summed E-state index contributed by atoms with van der Waals surface area (Å²) in [5, 5.41) is 0.749. The van der Waals surface area contributed by atoms with Crippen molar-refractivity contribution in [3.63, 3.8) is 0 Å². The van der Waals surface area contributed by atoms with E-state index in [0.29, 0.717) is 0 Å². The summed E-state index contributed by atoms with van der Waals surface area (Å²) in [4.78, 5) is 3.22. The second-order valence-corrected chi connectivity index (χ2v) is 5.62. The van der Waals surface area contributed by atoms with Crippen LogP contribution in [0.4, 0.5) is 0 Å². The molecule has 1 aromatic carbocycles. The van der Waals surface area contributed by atoms with Crippen molar-refractivity contribution in [2.45, 2.75) is 32.2 Å². The zero-order chi connectivity index (χ0) is 11.8. The lowest BCUT2D eigenvalue weighted by Gasteiger charge is -2.10. The van der Waals surface area contributed by atoms with Gasteiger partial charge in [0.2, 0.25) is 0 Å². The molecule has 0 aliphatic heterocycles. The van der Waals surface area contributed by atoms with E-state index in [1.54, 1.807) is 0 Å². The fourth-order valence-corrected chi connectivity index (χ4v) is 3.27. The molecule has 0 atom stereocenters. The highest BCUT2D eigenvalue weighted by molar-refractivity contribution is 7.71. The number of aromatic amines is 1. The second-order valence-electron chi connectivity index (χ2n) is 4.83. The first-order valence-electron chi connectivity index (χ1n) is 6.13. The minimum absolute atomic E-state index is 0.749. The van der Waals surface area contributed by atoms with Gasteiger partial charge in [-0.1, -0.05) is 30.5 Å². The zero-order valence-corrected chi connectivity index (χ0v) is 11.2. The summed E-state index contributed by atoms with van der Waals surface area (Å²) in [6, 6.07) is 5.97. The number of halogens is 1. The van der Waals surface area contributed by atoms with Crippen LogP contribution >= 0.6 is 23.8 Å². The van der Waals surface area contributed by atoms with E-state index in [9.17, 15) is 0 Å². The monoisotopic (exact) mass is 266 g/mol. The van der Waals surface area contributed by atoms with Crippen molar-refractivity contribution in [1.29, 1.82) is 0 Å². The normalized spacial score (nSPS) is 17.0. The topological polar surface area (TPSA) is 20.7 Å². The molecule has 17 heavy (non-hydrogen) atoms. The Morgan fingerprint density at radius 2 is 2.12 bits per heavy atom. The lowest BCUT2D eigenvalue weighted by atomic mass is 10.1. The molecule has 0 bridgehead atoms. The number of para-hydroxylation sites is 1. The van der Waals surface area contributed by atoms with Gasteiger partial charge < -0.3 is 9.55 Å². The van der Waals surface area contributed by atoms with Crippen LogP contribution in [-0.4, -0.2) is 9.55 Å². The summed E-state index contributed by atoms with van der Waals surface area (Å²) in [7, 11) is 0. The van der Waals surface area contributed by atoms with Crippen molar-refractivity contribution in [3.05, 3.63) is 28.0 Å². The van der Waals surface area contributed by atoms with Crippen LogP contribution in [-0.2, 0) is 6.54 Å². The number of H-pyrrole nitrogens is 1. The summed E-state index contributed by atoms with van der Waals surface area (Å²) in [5.74, 6) is 0.777. The summed E-state index contributed by atoms with van der Waals surface area (Å²) in [6.45, 7) is 1.03. The molecule has 0 amide bonds. The lowest BCUT2D eigenvalue weighted by Crippen LogP contribution is -2.07. The first kappa shape index (κ1) is 11.3. The predicted molar refractivity (Wildman–Crippen MR) is 74.1 cm³/mol. The van der Waals surface area contributed by atoms with Crippen molar-refractivity contribution in [2.75, 3.05) is 0 Å². The molecule has 0 unspecified atom stereocenters. The van der Waals surface area contributed by atoms with E-state index in [1.165, 1.54) is 25.7 Å². The van der Waals surface area contributed by atoms with Crippen molar-refractivity contribution in [3.8, 4) is 0 Å². The van der Waals surface area contributed by atoms with Crippen molar-refractivity contribution < 1.29 is 0 Å². The van der Waals surface area contributed by atoms with Gasteiger partial charge in [-0.3, -0.25) is 0 Å². The zero-order valence-electron chi connectivity index (χ0n) is 9.58. The quantitative estimate of drug-likeness (QED) is 0.792. The van der Waals surface area contributed by atoms with E-state index in [2.05, 4.69) is 15.6 Å². The number of benzene rings is 1. The van der Waals surface area contributed by atoms with E-state index in [0.717, 1.165) is 33.3 Å². The van der Waals surface area contributed by atoms with Gasteiger partial charge in [-0.05, 0) is 43.1 Å². The van der Waals surface area contributed by atoms with Gasteiger partial charge in [-0.2, -0.15) is 0 Å². The Morgan fingerprint density at radius 1 is 1.35 bits per heavy atom. The van der Waals surface area contributed by atoms with Gasteiger partial charge in [0.1, 0.15) is 0 Å². The minimum Gasteiger partial charge on any atom is -0.329 e. The van der Waals surface area contributed by atoms with Crippen LogP contribution < -0.4 is 0 Å². The van der Waals surface area contributed by atoms with Gasteiger partial charge in [0.05, 0.1) is 16.1 Å². The van der Waals surface area contributed by atoms with E-state index < -0.39 is 0 Å². The molecular weight excluding hydrogens is 252 g/mol. The number of aromatic nitrogens is 2. The number of fused-ring (bicyclic) bond motifs is 1. The third-order valence-electron chi connectivity index (χ3n) is 3.68. The summed E-state index contributed by atoms with van der Waals surface area (Å²) >= 11 is 11.6. The highest BCUT2D eigenvalue weighted by atomic mass is 35.5. The molecule has 3 rings (SSSR count). The van der Waals surface area contributed by atoms with Crippen LogP contribution in [0.2, 0.25) is 5.02 Å². The molecule has 2 nitrogen and oxygen atoms in total. The Morgan fingerprint density at radius 3 is 2.88 bits per heavy atom. The molecule has 1 aliphatic carbocycles. The first-order valence-corrected chi connectivity index (χ1v) is 6.91. The number of imidazole rings is 1. The van der Waals surface area contributed by atoms with Crippen LogP contribution in [0, 0.1) is 10.7 Å². The van der Waals surface area contributed by atoms with Crippen LogP contribution in [0.25, 0.3) is 11.0 Å². The van der Waals surface area contributed by atoms with Gasteiger partial charge in [0.15, 0.2) is 4.77 Å². The van der Waals surface area contributed by atoms with Gasteiger partial charge in [0, 0.05) is 6.54 Å². The van der Waals surface area contributed by atoms with Crippen molar-refractivity contribution >= 4 is 34.9 Å². The molecule has 1 heterocycles. The smallest absolute Gasteiger partial charge is 0.178 e. The van der Waals surface area contributed by atoms with Gasteiger partial charge in [-0.25, -0.2) is 0 Å². The Balaban J connectivity index is 2.06. The average Bonchev–Trinajstić information content (AvgIpc) is 2.91. The van der Waals surface area contributed by atoms with E-state index in [4.69, 9.17) is 23.8 Å². The first-order chi connectivity index (χ1) is 8.25. The Kier molecular flexibility index (Phi) is 2.97. The molecule has 2 aromatic rings. The number of nitrogens with zero attached hydrogens (tertiary/aromatic N) is 1. The summed E-state index contributed by atoms with van der Waals surface area (Å²) in [6.07, 6.45) is 5.38. The van der Waals surface area contributed by atoms with E-state index in [1.807, 2.05) is 12.1 Å². The van der Waals surface area contributed by atoms with Crippen LogP contribution in [0.1, 0.15) is 25.7 Å². The van der Waals surface area contributed by atoms with Gasteiger partial charge >= 0.3 is 0 Å². The van der Waals surface area contributed by atoms with Gasteiger partial charge in [0.25, 0.3) is 0 Å². The Labute approximate surface area is 111 Å². The number of nitrogens with one attached hydrogen (secondary N) is 1. The molecule has 1 aromatic heterocycles. The number of hydrogen-bond acceptors (Lipinski definition) is 1. The fraction of sp³-hybridized carbons (Fsp3) is 0.462. The SMILES string of the molecule is S=c1[nH]c2c(Cl)cccc2n1CC1CCCC1.